The molecule has 0 aliphatic heterocycles. The smallest absolute Gasteiger partial charge is 1.00 e. The van der Waals surface area contributed by atoms with E-state index in [-0.39, 0.29) is 48.7 Å². The van der Waals surface area contributed by atoms with Crippen LogP contribution in [0.2, 0.25) is 0 Å². The molecule has 0 aromatic heterocycles. The topological polar surface area (TPSA) is 78.0 Å². The van der Waals surface area contributed by atoms with Gasteiger partial charge in [0.15, 0.2) is 17.4 Å². The molecular weight excluding hydrogens is 295 g/mol. The molecule has 0 bridgehead atoms. The zero-order valence-electron chi connectivity index (χ0n) is 15.2. The molecule has 0 spiro atoms. The van der Waals surface area contributed by atoms with Crippen molar-refractivity contribution in [2.45, 2.75) is 84.0 Å². The molecule has 0 heterocycles. The second-order valence-corrected chi connectivity index (χ2v) is 5.00. The predicted molar refractivity (Wildman–Crippen MR) is 96.6 cm³/mol. The second kappa shape index (κ2) is 25.5. The summed E-state index contributed by atoms with van der Waals surface area (Å²) in [4.78, 5) is 10.1. The summed E-state index contributed by atoms with van der Waals surface area (Å²) in [6.45, 7) is 2.61. The Balaban J connectivity index is -0.000000144. The first-order valence-electron chi connectivity index (χ1n) is 7.63. The van der Waals surface area contributed by atoms with Crippen LogP contribution in [0.3, 0.4) is 0 Å². The Morgan fingerprint density at radius 1 is 0.857 bits per heavy atom. The maximum Gasteiger partial charge on any atom is 2.00 e. The number of carboxylic acid groups (broad SMARTS) is 1. The zero-order valence-corrected chi connectivity index (χ0v) is 14.6. The fraction of sp³-hybridized carbons (Fsp3) is 0.933. The molecule has 0 atom stereocenters. The molecule has 0 saturated heterocycles. The number of hydrogen-bond acceptors (Lipinski definition) is 2. The van der Waals surface area contributed by atoms with Crippen molar-refractivity contribution in [3.63, 3.8) is 0 Å². The minimum Gasteiger partial charge on any atom is -1.00 e. The first-order chi connectivity index (χ1) is 8.77. The van der Waals surface area contributed by atoms with Crippen molar-refractivity contribution in [3.05, 3.63) is 0 Å². The molecule has 0 fully saturated rings. The van der Waals surface area contributed by atoms with E-state index >= 15 is 0 Å². The van der Waals surface area contributed by atoms with Gasteiger partial charge in [-0.05, 0) is 6.42 Å². The Hall–Kier alpha value is 0.529. The van der Waals surface area contributed by atoms with E-state index < -0.39 is 6.16 Å². The van der Waals surface area contributed by atoms with Gasteiger partial charge < -0.3 is 18.2 Å². The quantitative estimate of drug-likeness (QED) is 0.319. The van der Waals surface area contributed by atoms with Crippen molar-refractivity contribution < 1.29 is 23.0 Å². The summed E-state index contributed by atoms with van der Waals surface area (Å²) in [5.41, 5.74) is 0. The van der Waals surface area contributed by atoms with E-state index in [1.165, 1.54) is 64.2 Å². The third kappa shape index (κ3) is 29.2. The van der Waals surface area contributed by atoms with Gasteiger partial charge in [0, 0.05) is 0 Å². The molecule has 0 aliphatic carbocycles. The molecule has 6 heteroatoms. The normalized spacial score (nSPS) is 9.00. The van der Waals surface area contributed by atoms with Crippen LogP contribution < -0.4 is 0 Å². The van der Waals surface area contributed by atoms with E-state index in [9.17, 15) is 4.79 Å². The van der Waals surface area contributed by atoms with Gasteiger partial charge in [0.05, 0.1) is 6.61 Å². The summed E-state index contributed by atoms with van der Waals surface area (Å²) < 4.78 is 4.45. The van der Waals surface area contributed by atoms with Crippen LogP contribution in [0, 0.1) is 0 Å². The summed E-state index contributed by atoms with van der Waals surface area (Å²) in [6.07, 6.45) is 14.3. The molecule has 0 aromatic rings. The van der Waals surface area contributed by atoms with Crippen molar-refractivity contribution in [3.8, 4) is 0 Å². The SMILES string of the molecule is CCCCCCCCCCCCCCOC(=O)O.O.[AlH3].[H-].[H-].[Mg+2]. The van der Waals surface area contributed by atoms with Crippen LogP contribution in [0.1, 0.15) is 86.8 Å². The average Bonchev–Trinajstić information content (AvgIpc) is 2.34. The van der Waals surface area contributed by atoms with Crippen molar-refractivity contribution in [1.82, 2.24) is 0 Å². The average molecular weight is 333 g/mol. The fourth-order valence-electron chi connectivity index (χ4n) is 2.10. The molecule has 4 nitrogen and oxygen atoms in total. The molecule has 0 saturated carbocycles. The molecule has 0 aromatic carbocycles. The van der Waals surface area contributed by atoms with Crippen LogP contribution in [0.25, 0.3) is 0 Å². The van der Waals surface area contributed by atoms with Crippen molar-refractivity contribution in [2.75, 3.05) is 6.61 Å². The molecule has 0 amide bonds. The molecular formula is C15H37AlMgO4. The molecule has 0 aliphatic rings. The summed E-state index contributed by atoms with van der Waals surface area (Å²) >= 11 is 0. The number of carbonyl (C=O) groups is 1. The van der Waals surface area contributed by atoms with Gasteiger partial charge in [-0.3, -0.25) is 0 Å². The Kier molecular flexibility index (Phi) is 35.8. The van der Waals surface area contributed by atoms with Crippen LogP contribution >= 0.6 is 0 Å². The van der Waals surface area contributed by atoms with Gasteiger partial charge in [-0.25, -0.2) is 4.79 Å². The van der Waals surface area contributed by atoms with Crippen LogP contribution in [0.15, 0.2) is 0 Å². The van der Waals surface area contributed by atoms with Gasteiger partial charge in [-0.1, -0.05) is 77.6 Å². The van der Waals surface area contributed by atoms with Crippen molar-refractivity contribution in [1.29, 1.82) is 0 Å². The van der Waals surface area contributed by atoms with E-state index in [4.69, 9.17) is 5.11 Å². The molecule has 21 heavy (non-hydrogen) atoms. The van der Waals surface area contributed by atoms with Gasteiger partial charge in [0.25, 0.3) is 0 Å². The Morgan fingerprint density at radius 3 is 1.52 bits per heavy atom. The fourth-order valence-corrected chi connectivity index (χ4v) is 2.10. The van der Waals surface area contributed by atoms with Crippen molar-refractivity contribution in [2.24, 2.45) is 0 Å². The number of unbranched alkanes of at least 4 members (excludes halogenated alkanes) is 11. The maximum atomic E-state index is 10.1. The van der Waals surface area contributed by atoms with Gasteiger partial charge in [-0.2, -0.15) is 0 Å². The first-order valence-corrected chi connectivity index (χ1v) is 7.63. The van der Waals surface area contributed by atoms with Crippen molar-refractivity contribution >= 4 is 46.6 Å². The zero-order chi connectivity index (χ0) is 13.5. The van der Waals surface area contributed by atoms with Gasteiger partial charge in [0.1, 0.15) is 0 Å². The molecule has 126 valence electrons. The first kappa shape index (κ1) is 29.5. The van der Waals surface area contributed by atoms with Crippen LogP contribution in [0.4, 0.5) is 4.79 Å². The largest absolute Gasteiger partial charge is 2.00 e. The molecule has 0 rings (SSSR count). The van der Waals surface area contributed by atoms with E-state index in [2.05, 4.69) is 11.7 Å². The van der Waals surface area contributed by atoms with Gasteiger partial charge in [0.2, 0.25) is 0 Å². The minimum absolute atomic E-state index is 0. The second-order valence-electron chi connectivity index (χ2n) is 5.00. The Bertz CT molecular complexity index is 204. The number of ether oxygens (including phenoxy) is 1. The third-order valence-corrected chi connectivity index (χ3v) is 3.22. The minimum atomic E-state index is -1.15. The summed E-state index contributed by atoms with van der Waals surface area (Å²) in [5.74, 6) is 0. The maximum absolute atomic E-state index is 10.1. The van der Waals surface area contributed by atoms with E-state index in [1.807, 2.05) is 0 Å². The Morgan fingerprint density at radius 2 is 1.19 bits per heavy atom. The van der Waals surface area contributed by atoms with E-state index in [1.54, 1.807) is 0 Å². The molecule has 0 unspecified atom stereocenters. The van der Waals surface area contributed by atoms with Crippen LogP contribution in [-0.4, -0.2) is 63.8 Å². The van der Waals surface area contributed by atoms with E-state index in [0.717, 1.165) is 12.8 Å². The van der Waals surface area contributed by atoms with Gasteiger partial charge >= 0.3 is 29.2 Å². The third-order valence-electron chi connectivity index (χ3n) is 3.22. The van der Waals surface area contributed by atoms with Crippen LogP contribution in [-0.2, 0) is 4.74 Å². The molecule has 0 radical (unpaired) electrons. The monoisotopic (exact) mass is 332 g/mol. The molecule has 3 N–H and O–H groups in total. The number of hydrogen-bond donors (Lipinski definition) is 1. The Labute approximate surface area is 160 Å². The summed E-state index contributed by atoms with van der Waals surface area (Å²) in [5, 5.41) is 8.27. The van der Waals surface area contributed by atoms with Gasteiger partial charge in [-0.15, -0.1) is 0 Å². The summed E-state index contributed by atoms with van der Waals surface area (Å²) in [7, 11) is 0. The standard InChI is InChI=1S/C15H30O3.Al.Mg.H2O.5H/c1-2-3-4-5-6-7-8-9-10-11-12-13-14-18-15(16)17;;;;;;;;/h2-14H2,1H3,(H,16,17);;;1H2;;;;;/q;;+2;;;;;2*-1. The van der Waals surface area contributed by atoms with E-state index in [0.29, 0.717) is 6.61 Å². The van der Waals surface area contributed by atoms with Crippen LogP contribution in [0.5, 0.6) is 0 Å². The summed E-state index contributed by atoms with van der Waals surface area (Å²) in [6, 6.07) is 0. The predicted octanol–water partition coefficient (Wildman–Crippen LogP) is 3.22. The number of rotatable bonds is 13.